The van der Waals surface area contributed by atoms with Gasteiger partial charge in [-0.05, 0) is 23.8 Å². The molecule has 2 aromatic rings. The first kappa shape index (κ1) is 15.2. The molecule has 0 bridgehead atoms. The summed E-state index contributed by atoms with van der Waals surface area (Å²) in [6.45, 7) is 5.51. The first-order valence-corrected chi connectivity index (χ1v) is 7.26. The highest BCUT2D eigenvalue weighted by Crippen LogP contribution is 2.14. The van der Waals surface area contributed by atoms with Gasteiger partial charge in [-0.3, -0.25) is 9.59 Å². The zero-order chi connectivity index (χ0) is 15.6. The Morgan fingerprint density at radius 2 is 2.10 bits per heavy atom. The number of nitrogen functional groups attached to an aromatic ring is 1. The Hall–Kier alpha value is -2.21. The Morgan fingerprint density at radius 1 is 1.38 bits per heavy atom. The summed E-state index contributed by atoms with van der Waals surface area (Å²) in [6.07, 6.45) is 4.79. The van der Waals surface area contributed by atoms with Crippen molar-refractivity contribution in [2.75, 3.05) is 5.73 Å². The molecule has 0 saturated carbocycles. The number of carbonyl (C=O) groups is 1. The number of nitrogens with zero attached hydrogens (tertiary/aromatic N) is 1. The van der Waals surface area contributed by atoms with Crippen molar-refractivity contribution in [2.45, 2.75) is 20.8 Å². The van der Waals surface area contributed by atoms with Crippen molar-refractivity contribution >= 4 is 35.1 Å². The number of hydrogen-bond donors (Lipinski definition) is 2. The summed E-state index contributed by atoms with van der Waals surface area (Å²) in [7, 11) is 0. The number of rotatable bonds is 2. The lowest BCUT2D eigenvalue weighted by atomic mass is 9.91. The predicted molar refractivity (Wildman–Crippen MR) is 85.3 cm³/mol. The Kier molecular flexibility index (Phi) is 4.09. The summed E-state index contributed by atoms with van der Waals surface area (Å²) < 4.78 is 1.07. The number of anilines is 1. The van der Waals surface area contributed by atoms with Crippen molar-refractivity contribution in [3.63, 3.8) is 0 Å². The van der Waals surface area contributed by atoms with Crippen molar-refractivity contribution in [3.8, 4) is 0 Å². The van der Waals surface area contributed by atoms with Gasteiger partial charge in [-0.15, -0.1) is 11.3 Å². The summed E-state index contributed by atoms with van der Waals surface area (Å²) in [6, 6.07) is 3.45. The lowest BCUT2D eigenvalue weighted by Gasteiger charge is -2.12. The van der Waals surface area contributed by atoms with E-state index in [-0.39, 0.29) is 11.3 Å². The lowest BCUT2D eigenvalue weighted by Crippen LogP contribution is -2.22. The minimum absolute atomic E-state index is 0.0271. The van der Waals surface area contributed by atoms with Gasteiger partial charge in [-0.25, -0.2) is 4.98 Å². The third kappa shape index (κ3) is 3.88. The topological polar surface area (TPSA) is 88.8 Å². The highest BCUT2D eigenvalue weighted by molar-refractivity contribution is 7.07. The molecular formula is C15H17N3O2S. The van der Waals surface area contributed by atoms with E-state index >= 15 is 0 Å². The molecule has 0 spiro atoms. The van der Waals surface area contributed by atoms with E-state index in [9.17, 15) is 9.59 Å². The van der Waals surface area contributed by atoms with Crippen LogP contribution < -0.4 is 20.5 Å². The van der Waals surface area contributed by atoms with Crippen LogP contribution in [0.5, 0.6) is 0 Å². The highest BCUT2D eigenvalue weighted by Gasteiger charge is 2.18. The van der Waals surface area contributed by atoms with Crippen molar-refractivity contribution in [1.82, 2.24) is 9.97 Å². The summed E-state index contributed by atoms with van der Waals surface area (Å²) >= 11 is 1.24. The van der Waals surface area contributed by atoms with E-state index in [1.165, 1.54) is 17.4 Å². The molecule has 2 aromatic heterocycles. The molecule has 0 atom stereocenters. The molecule has 0 amide bonds. The second-order valence-electron chi connectivity index (χ2n) is 5.70. The van der Waals surface area contributed by atoms with Crippen molar-refractivity contribution < 1.29 is 4.79 Å². The van der Waals surface area contributed by atoms with Crippen molar-refractivity contribution in [1.29, 1.82) is 0 Å². The Balaban J connectivity index is 2.45. The van der Waals surface area contributed by atoms with Gasteiger partial charge in [0.2, 0.25) is 0 Å². The molecule has 0 saturated heterocycles. The molecule has 110 valence electrons. The number of nitrogens with two attached hydrogens (primary N) is 1. The number of pyridine rings is 1. The van der Waals surface area contributed by atoms with Crippen molar-refractivity contribution in [3.05, 3.63) is 43.4 Å². The van der Waals surface area contributed by atoms with Gasteiger partial charge in [-0.2, -0.15) is 0 Å². The molecule has 3 N–H and O–H groups in total. The number of nitrogens with one attached hydrogen (secondary N) is 1. The monoisotopic (exact) mass is 303 g/mol. The Labute approximate surface area is 125 Å². The van der Waals surface area contributed by atoms with E-state index in [4.69, 9.17) is 5.73 Å². The number of H-pyrrole nitrogens is 1. The molecule has 0 radical (unpaired) electrons. The smallest absolute Gasteiger partial charge is 0.266 e. The molecular weight excluding hydrogens is 286 g/mol. The van der Waals surface area contributed by atoms with E-state index in [1.54, 1.807) is 24.4 Å². The fourth-order valence-corrected chi connectivity index (χ4v) is 2.40. The quantitative estimate of drug-likeness (QED) is 0.852. The number of hydrogen-bond acceptors (Lipinski definition) is 5. The van der Waals surface area contributed by atoms with Gasteiger partial charge in [0.25, 0.3) is 5.56 Å². The van der Waals surface area contributed by atoms with E-state index in [0.717, 1.165) is 5.56 Å². The van der Waals surface area contributed by atoms with Gasteiger partial charge >= 0.3 is 0 Å². The second kappa shape index (κ2) is 5.65. The largest absolute Gasteiger partial charge is 0.384 e. The molecule has 5 nitrogen and oxygen atoms in total. The van der Waals surface area contributed by atoms with Gasteiger partial charge in [0.05, 0.1) is 9.20 Å². The first-order chi connectivity index (χ1) is 9.75. The van der Waals surface area contributed by atoms with E-state index in [1.807, 2.05) is 20.8 Å². The third-order valence-electron chi connectivity index (χ3n) is 2.79. The van der Waals surface area contributed by atoms with Crippen molar-refractivity contribution in [2.24, 2.45) is 5.41 Å². The summed E-state index contributed by atoms with van der Waals surface area (Å²) in [5.74, 6) is 0.401. The third-order valence-corrected chi connectivity index (χ3v) is 3.75. The summed E-state index contributed by atoms with van der Waals surface area (Å²) in [5, 5.41) is 0. The minimum atomic E-state index is -0.467. The lowest BCUT2D eigenvalue weighted by molar-refractivity contribution is -0.119. The maximum absolute atomic E-state index is 11.9. The molecule has 0 aromatic carbocycles. The summed E-state index contributed by atoms with van der Waals surface area (Å²) in [4.78, 5) is 30.5. The minimum Gasteiger partial charge on any atom is -0.384 e. The average molecular weight is 303 g/mol. The van der Waals surface area contributed by atoms with Crippen LogP contribution >= 0.6 is 11.3 Å². The highest BCUT2D eigenvalue weighted by atomic mass is 32.1. The van der Waals surface area contributed by atoms with Crippen LogP contribution in [-0.2, 0) is 4.79 Å². The van der Waals surface area contributed by atoms with E-state index < -0.39 is 5.41 Å². The van der Waals surface area contributed by atoms with Gasteiger partial charge in [0.15, 0.2) is 5.78 Å². The predicted octanol–water partition coefficient (Wildman–Crippen LogP) is 0.638. The summed E-state index contributed by atoms with van der Waals surface area (Å²) in [5.41, 5.74) is 5.62. The fraction of sp³-hybridized carbons (Fsp3) is 0.267. The van der Waals surface area contributed by atoms with Crippen LogP contribution in [0.3, 0.4) is 0 Å². The van der Waals surface area contributed by atoms with E-state index in [0.29, 0.717) is 15.0 Å². The maximum Gasteiger partial charge on any atom is 0.266 e. The molecule has 0 aliphatic heterocycles. The van der Waals surface area contributed by atoms with Crippen LogP contribution in [-0.4, -0.2) is 15.8 Å². The van der Waals surface area contributed by atoms with Gasteiger partial charge in [0, 0.05) is 17.7 Å². The molecule has 0 aliphatic carbocycles. The molecule has 21 heavy (non-hydrogen) atoms. The number of Topliss-reactive ketones (excluding diaryl/α,β-unsaturated/α-hetero) is 1. The van der Waals surface area contributed by atoms with E-state index in [2.05, 4.69) is 9.97 Å². The Bertz CT molecular complexity index is 824. The Morgan fingerprint density at radius 3 is 2.67 bits per heavy atom. The number of carbonyl (C=O) groups excluding carboxylic acids is 1. The average Bonchev–Trinajstić information content (AvgIpc) is 2.71. The maximum atomic E-state index is 11.9. The van der Waals surface area contributed by atoms with Crippen LogP contribution in [0.15, 0.2) is 23.1 Å². The number of thiazole rings is 1. The molecule has 6 heteroatoms. The number of aromatic nitrogens is 2. The zero-order valence-corrected chi connectivity index (χ0v) is 13.0. The molecule has 0 fully saturated rings. The van der Waals surface area contributed by atoms with Crippen LogP contribution in [0.25, 0.3) is 12.2 Å². The van der Waals surface area contributed by atoms with Gasteiger partial charge in [-0.1, -0.05) is 20.8 Å². The number of ketones is 1. The second-order valence-corrected chi connectivity index (χ2v) is 6.79. The standard InChI is InChI=1S/C15H17N3O2S/c1-15(2,3)11(19)7-13-18-14(20)10(21-13)6-9-4-5-12(16)17-8-9/h4-8H,1-3H3,(H2,16,17)(H,18,20)/b10-6-,13-7+. The number of aromatic amines is 1. The molecule has 0 unspecified atom stereocenters. The molecule has 2 rings (SSSR count). The van der Waals surface area contributed by atoms with Gasteiger partial charge in [0.1, 0.15) is 5.82 Å². The van der Waals surface area contributed by atoms with Crippen LogP contribution in [0.1, 0.15) is 26.3 Å². The molecule has 2 heterocycles. The van der Waals surface area contributed by atoms with Gasteiger partial charge < -0.3 is 10.7 Å². The normalized spacial score (nSPS) is 13.7. The first-order valence-electron chi connectivity index (χ1n) is 6.44. The zero-order valence-electron chi connectivity index (χ0n) is 12.1. The van der Waals surface area contributed by atoms with Crippen LogP contribution in [0.4, 0.5) is 5.82 Å². The fourth-order valence-electron chi connectivity index (χ4n) is 1.51. The van der Waals surface area contributed by atoms with Crippen LogP contribution in [0.2, 0.25) is 0 Å². The van der Waals surface area contributed by atoms with Crippen LogP contribution in [0, 0.1) is 5.41 Å². The SMILES string of the molecule is CC(C)(C)C(=O)/C=c1\[nH]c(=O)/c(=C/c2ccc(N)nc2)s1. The molecule has 0 aliphatic rings.